The van der Waals surface area contributed by atoms with Gasteiger partial charge in [-0.2, -0.15) is 0 Å². The van der Waals surface area contributed by atoms with Gasteiger partial charge in [0.2, 0.25) is 9.84 Å². The van der Waals surface area contributed by atoms with E-state index in [9.17, 15) is 13.5 Å². The second-order valence-electron chi connectivity index (χ2n) is 4.81. The van der Waals surface area contributed by atoms with Crippen molar-refractivity contribution in [2.24, 2.45) is 0 Å². The summed E-state index contributed by atoms with van der Waals surface area (Å²) in [5.74, 6) is 0.681. The Morgan fingerprint density at radius 3 is 1.95 bits per heavy atom. The Balaban J connectivity index is 2.27. The average Bonchev–Trinajstić information content (AvgIpc) is 2.48. The number of aromatic hydroxyl groups is 1. The molecule has 0 spiro atoms. The maximum absolute atomic E-state index is 12.4. The Bertz CT molecular complexity index is 688. The van der Waals surface area contributed by atoms with Gasteiger partial charge in [0.15, 0.2) is 0 Å². The van der Waals surface area contributed by atoms with Crippen LogP contribution < -0.4 is 4.74 Å². The predicted octanol–water partition coefficient (Wildman–Crippen LogP) is 3.40. The molecule has 0 aliphatic carbocycles. The van der Waals surface area contributed by atoms with Gasteiger partial charge in [-0.15, -0.1) is 0 Å². The zero-order valence-electron chi connectivity index (χ0n) is 12.0. The number of rotatable bonds is 5. The van der Waals surface area contributed by atoms with Gasteiger partial charge in [0.1, 0.15) is 11.5 Å². The van der Waals surface area contributed by atoms with Gasteiger partial charge in [0.25, 0.3) is 0 Å². The van der Waals surface area contributed by atoms with E-state index in [4.69, 9.17) is 4.74 Å². The van der Waals surface area contributed by atoms with Crippen LogP contribution >= 0.6 is 0 Å². The molecule has 4 nitrogen and oxygen atoms in total. The van der Waals surface area contributed by atoms with Gasteiger partial charge in [-0.3, -0.25) is 0 Å². The molecule has 21 heavy (non-hydrogen) atoms. The average molecular weight is 306 g/mol. The highest BCUT2D eigenvalue weighted by Crippen LogP contribution is 2.24. The zero-order valence-corrected chi connectivity index (χ0v) is 12.8. The first-order chi connectivity index (χ1) is 9.93. The second kappa shape index (κ2) is 6.18. The van der Waals surface area contributed by atoms with Gasteiger partial charge in [0.05, 0.1) is 15.9 Å². The molecule has 0 aliphatic rings. The first-order valence-electron chi connectivity index (χ1n) is 6.74. The highest BCUT2D eigenvalue weighted by Gasteiger charge is 2.17. The van der Waals surface area contributed by atoms with E-state index in [2.05, 4.69) is 0 Å². The Hall–Kier alpha value is -2.01. The van der Waals surface area contributed by atoms with Crippen LogP contribution in [0.1, 0.15) is 20.3 Å². The molecule has 112 valence electrons. The smallest absolute Gasteiger partial charge is 0.206 e. The molecule has 0 heterocycles. The standard InChI is InChI=1S/C16H18O4S/c1-3-12(2)20-14-6-10-16(11-7-14)21(18,19)15-8-4-13(17)5-9-15/h4-12,17H,3H2,1-2H3. The van der Waals surface area contributed by atoms with Gasteiger partial charge >= 0.3 is 0 Å². The predicted molar refractivity (Wildman–Crippen MR) is 80.4 cm³/mol. The van der Waals surface area contributed by atoms with Gasteiger partial charge in [-0.05, 0) is 61.9 Å². The summed E-state index contributed by atoms with van der Waals surface area (Å²) in [4.78, 5) is 0.348. The molecule has 0 saturated carbocycles. The van der Waals surface area contributed by atoms with Crippen molar-refractivity contribution in [3.05, 3.63) is 48.5 Å². The lowest BCUT2D eigenvalue weighted by Crippen LogP contribution is -2.09. The molecule has 0 amide bonds. The number of sulfone groups is 1. The van der Waals surface area contributed by atoms with Crippen molar-refractivity contribution >= 4 is 9.84 Å². The third-order valence-electron chi connectivity index (χ3n) is 3.19. The number of phenols is 1. The van der Waals surface area contributed by atoms with E-state index < -0.39 is 9.84 Å². The van der Waals surface area contributed by atoms with E-state index in [-0.39, 0.29) is 21.6 Å². The highest BCUT2D eigenvalue weighted by atomic mass is 32.2. The van der Waals surface area contributed by atoms with E-state index in [1.165, 1.54) is 36.4 Å². The summed E-state index contributed by atoms with van der Waals surface area (Å²) >= 11 is 0. The molecular weight excluding hydrogens is 288 g/mol. The largest absolute Gasteiger partial charge is 0.508 e. The van der Waals surface area contributed by atoms with Crippen molar-refractivity contribution < 1.29 is 18.3 Å². The normalized spacial score (nSPS) is 12.9. The zero-order chi connectivity index (χ0) is 15.5. The van der Waals surface area contributed by atoms with Crippen molar-refractivity contribution in [3.63, 3.8) is 0 Å². The SMILES string of the molecule is CCC(C)Oc1ccc(S(=O)(=O)c2ccc(O)cc2)cc1. The van der Waals surface area contributed by atoms with Crippen molar-refractivity contribution in [2.45, 2.75) is 36.2 Å². The summed E-state index contributed by atoms with van der Waals surface area (Å²) < 4.78 is 30.4. The minimum absolute atomic E-state index is 0.0336. The highest BCUT2D eigenvalue weighted by molar-refractivity contribution is 7.91. The number of hydrogen-bond acceptors (Lipinski definition) is 4. The minimum Gasteiger partial charge on any atom is -0.508 e. The lowest BCUT2D eigenvalue weighted by molar-refractivity contribution is 0.217. The molecule has 1 unspecified atom stereocenters. The van der Waals surface area contributed by atoms with Gasteiger partial charge in [-0.25, -0.2) is 8.42 Å². The number of benzene rings is 2. The molecule has 2 rings (SSSR count). The van der Waals surface area contributed by atoms with Crippen molar-refractivity contribution in [3.8, 4) is 11.5 Å². The van der Waals surface area contributed by atoms with Crippen LogP contribution in [0.2, 0.25) is 0 Å². The molecule has 0 radical (unpaired) electrons. The first-order valence-corrected chi connectivity index (χ1v) is 8.22. The fraction of sp³-hybridized carbons (Fsp3) is 0.250. The van der Waals surface area contributed by atoms with Gasteiger partial charge in [-0.1, -0.05) is 6.92 Å². The quantitative estimate of drug-likeness (QED) is 0.919. The van der Waals surface area contributed by atoms with Crippen molar-refractivity contribution in [2.75, 3.05) is 0 Å². The third kappa shape index (κ3) is 3.55. The van der Waals surface area contributed by atoms with E-state index in [0.29, 0.717) is 5.75 Å². The molecule has 2 aromatic carbocycles. The van der Waals surface area contributed by atoms with Crippen molar-refractivity contribution in [1.29, 1.82) is 0 Å². The van der Waals surface area contributed by atoms with Crippen LogP contribution in [0, 0.1) is 0 Å². The fourth-order valence-corrected chi connectivity index (χ4v) is 3.04. The molecule has 2 aromatic rings. The van der Waals surface area contributed by atoms with Gasteiger partial charge in [0, 0.05) is 0 Å². The Kier molecular flexibility index (Phi) is 4.53. The molecule has 1 N–H and O–H groups in total. The summed E-state index contributed by atoms with van der Waals surface area (Å²) in [5.41, 5.74) is 0. The molecule has 0 aromatic heterocycles. The summed E-state index contributed by atoms with van der Waals surface area (Å²) in [6, 6.07) is 11.8. The molecule has 0 bridgehead atoms. The third-order valence-corrected chi connectivity index (χ3v) is 4.98. The van der Waals surface area contributed by atoms with Crippen LogP contribution in [0.3, 0.4) is 0 Å². The molecular formula is C16H18O4S. The lowest BCUT2D eigenvalue weighted by Gasteiger charge is -2.13. The molecule has 1 atom stereocenters. The molecule has 0 aliphatic heterocycles. The molecule has 0 fully saturated rings. The van der Waals surface area contributed by atoms with Gasteiger partial charge < -0.3 is 9.84 Å². The first kappa shape index (κ1) is 15.4. The number of ether oxygens (including phenoxy) is 1. The van der Waals surface area contributed by atoms with Crippen LogP contribution in [-0.2, 0) is 9.84 Å². The van der Waals surface area contributed by atoms with Crippen molar-refractivity contribution in [1.82, 2.24) is 0 Å². The van der Waals surface area contributed by atoms with E-state index in [1.54, 1.807) is 12.1 Å². The second-order valence-corrected chi connectivity index (χ2v) is 6.76. The number of phenolic OH excluding ortho intramolecular Hbond substituents is 1. The monoisotopic (exact) mass is 306 g/mol. The summed E-state index contributed by atoms with van der Waals surface area (Å²) in [6.45, 7) is 3.98. The van der Waals surface area contributed by atoms with Crippen LogP contribution in [0.5, 0.6) is 11.5 Å². The van der Waals surface area contributed by atoms with Crippen LogP contribution in [0.15, 0.2) is 58.3 Å². The Morgan fingerprint density at radius 2 is 1.48 bits per heavy atom. The minimum atomic E-state index is -3.57. The molecule has 0 saturated heterocycles. The van der Waals surface area contributed by atoms with Crippen LogP contribution in [-0.4, -0.2) is 19.6 Å². The van der Waals surface area contributed by atoms with E-state index in [0.717, 1.165) is 6.42 Å². The Labute approximate surface area is 124 Å². The summed E-state index contributed by atoms with van der Waals surface area (Å²) in [5, 5.41) is 9.23. The van der Waals surface area contributed by atoms with Crippen LogP contribution in [0.25, 0.3) is 0 Å². The molecule has 5 heteroatoms. The van der Waals surface area contributed by atoms with E-state index in [1.807, 2.05) is 13.8 Å². The summed E-state index contributed by atoms with van der Waals surface area (Å²) in [7, 11) is -3.57. The van der Waals surface area contributed by atoms with Crippen LogP contribution in [0.4, 0.5) is 0 Å². The topological polar surface area (TPSA) is 63.6 Å². The summed E-state index contributed by atoms with van der Waals surface area (Å²) in [6.07, 6.45) is 0.970. The fourth-order valence-electron chi connectivity index (χ4n) is 1.77. The number of hydrogen-bond donors (Lipinski definition) is 1. The Morgan fingerprint density at radius 1 is 1.00 bits per heavy atom. The maximum atomic E-state index is 12.4. The maximum Gasteiger partial charge on any atom is 0.206 e. The van der Waals surface area contributed by atoms with E-state index >= 15 is 0 Å². The lowest BCUT2D eigenvalue weighted by atomic mass is 10.3.